The summed E-state index contributed by atoms with van der Waals surface area (Å²) in [6.07, 6.45) is 7.24. The Morgan fingerprint density at radius 2 is 2.25 bits per heavy atom. The second-order valence-electron chi connectivity index (χ2n) is 2.73. The molecular weight excluding hydrogens is 96.1 g/mol. The molecule has 0 heteroatoms. The average molecular weight is 106 g/mol. The first-order valence-electron chi connectivity index (χ1n) is 3.27. The quantitative estimate of drug-likeness (QED) is 0.481. The lowest BCUT2D eigenvalue weighted by molar-refractivity contribution is 0.637. The van der Waals surface area contributed by atoms with Crippen LogP contribution in [0.1, 0.15) is 19.8 Å². The van der Waals surface area contributed by atoms with Crippen molar-refractivity contribution >= 4 is 0 Å². The molecule has 0 saturated carbocycles. The van der Waals surface area contributed by atoms with E-state index in [0.717, 1.165) is 5.92 Å². The Hall–Kier alpha value is -0.520. The van der Waals surface area contributed by atoms with E-state index in [4.69, 9.17) is 0 Å². The van der Waals surface area contributed by atoms with Gasteiger partial charge in [0.1, 0.15) is 0 Å². The minimum atomic E-state index is 0.878. The predicted octanol–water partition coefficient (Wildman–Crippen LogP) is 2.28. The van der Waals surface area contributed by atoms with E-state index < -0.39 is 0 Å². The second-order valence-corrected chi connectivity index (χ2v) is 2.73. The standard InChI is InChI=1S/C8H10/c1-6-2-5-8(6)7-3-4-7/h3,5-6H,2,4H2,1H3. The number of hydrogen-bond donors (Lipinski definition) is 0. The van der Waals surface area contributed by atoms with Crippen LogP contribution < -0.4 is 0 Å². The van der Waals surface area contributed by atoms with E-state index in [0.29, 0.717) is 0 Å². The summed E-state index contributed by atoms with van der Waals surface area (Å²) in [5.74, 6) is 0.878. The first-order valence-corrected chi connectivity index (χ1v) is 3.27. The Labute approximate surface area is 49.9 Å². The minimum absolute atomic E-state index is 0.878. The van der Waals surface area contributed by atoms with Crippen LogP contribution in [0.5, 0.6) is 0 Å². The molecule has 1 unspecified atom stereocenters. The van der Waals surface area contributed by atoms with Crippen LogP contribution in [0.25, 0.3) is 0 Å². The molecule has 0 bridgehead atoms. The highest BCUT2D eigenvalue weighted by atomic mass is 14.3. The highest BCUT2D eigenvalue weighted by Crippen LogP contribution is 2.39. The van der Waals surface area contributed by atoms with Gasteiger partial charge >= 0.3 is 0 Å². The highest BCUT2D eigenvalue weighted by Gasteiger charge is 2.23. The predicted molar refractivity (Wildman–Crippen MR) is 34.6 cm³/mol. The number of hydrogen-bond acceptors (Lipinski definition) is 0. The van der Waals surface area contributed by atoms with E-state index >= 15 is 0 Å². The molecule has 0 nitrogen and oxygen atoms in total. The molecule has 1 atom stereocenters. The first-order chi connectivity index (χ1) is 3.88. The Morgan fingerprint density at radius 1 is 1.50 bits per heavy atom. The van der Waals surface area contributed by atoms with E-state index in [-0.39, 0.29) is 0 Å². The molecule has 0 fully saturated rings. The molecule has 0 aromatic rings. The Bertz CT molecular complexity index is 172. The lowest BCUT2D eigenvalue weighted by Gasteiger charge is -2.20. The average Bonchev–Trinajstić information content (AvgIpc) is 2.46. The van der Waals surface area contributed by atoms with Gasteiger partial charge in [0.25, 0.3) is 0 Å². The maximum absolute atomic E-state index is 2.35. The summed E-state index contributed by atoms with van der Waals surface area (Å²) >= 11 is 0. The molecule has 2 aliphatic rings. The van der Waals surface area contributed by atoms with Gasteiger partial charge < -0.3 is 0 Å². The van der Waals surface area contributed by atoms with Crippen LogP contribution in [0.4, 0.5) is 0 Å². The van der Waals surface area contributed by atoms with Crippen LogP contribution in [0.3, 0.4) is 0 Å². The van der Waals surface area contributed by atoms with Crippen molar-refractivity contribution in [2.45, 2.75) is 19.8 Å². The molecule has 0 aliphatic heterocycles. The fraction of sp³-hybridized carbons (Fsp3) is 0.500. The van der Waals surface area contributed by atoms with Crippen LogP contribution in [0, 0.1) is 5.92 Å². The molecule has 0 saturated heterocycles. The normalized spacial score (nSPS) is 32.9. The monoisotopic (exact) mass is 106 g/mol. The van der Waals surface area contributed by atoms with Crippen molar-refractivity contribution in [3.05, 3.63) is 23.3 Å². The van der Waals surface area contributed by atoms with Gasteiger partial charge in [0.2, 0.25) is 0 Å². The maximum Gasteiger partial charge on any atom is -0.00917 e. The van der Waals surface area contributed by atoms with E-state index in [1.165, 1.54) is 12.8 Å². The van der Waals surface area contributed by atoms with Crippen molar-refractivity contribution in [3.8, 4) is 0 Å². The summed E-state index contributed by atoms with van der Waals surface area (Å²) in [6.45, 7) is 2.30. The number of allylic oxidation sites excluding steroid dienone is 4. The fourth-order valence-electron chi connectivity index (χ4n) is 1.21. The summed E-state index contributed by atoms with van der Waals surface area (Å²) < 4.78 is 0. The lowest BCUT2D eigenvalue weighted by atomic mass is 9.85. The third-order valence-corrected chi connectivity index (χ3v) is 2.00. The number of rotatable bonds is 1. The van der Waals surface area contributed by atoms with Gasteiger partial charge in [-0.05, 0) is 29.9 Å². The van der Waals surface area contributed by atoms with Crippen LogP contribution in [0.15, 0.2) is 23.3 Å². The van der Waals surface area contributed by atoms with E-state index in [9.17, 15) is 0 Å². The molecule has 2 rings (SSSR count). The molecule has 0 amide bonds. The van der Waals surface area contributed by atoms with Crippen molar-refractivity contribution in [3.63, 3.8) is 0 Å². The Balaban J connectivity index is 2.16. The van der Waals surface area contributed by atoms with Gasteiger partial charge in [-0.1, -0.05) is 19.1 Å². The van der Waals surface area contributed by atoms with Gasteiger partial charge in [0, 0.05) is 0 Å². The van der Waals surface area contributed by atoms with E-state index in [1.54, 1.807) is 11.1 Å². The smallest absolute Gasteiger partial charge is 0.00917 e. The highest BCUT2D eigenvalue weighted by molar-refractivity contribution is 5.47. The maximum atomic E-state index is 2.35. The van der Waals surface area contributed by atoms with Gasteiger partial charge in [-0.3, -0.25) is 0 Å². The van der Waals surface area contributed by atoms with Crippen LogP contribution >= 0.6 is 0 Å². The largest absolute Gasteiger partial charge is 0.0802 e. The molecule has 0 radical (unpaired) electrons. The summed E-state index contributed by atoms with van der Waals surface area (Å²) in [5.41, 5.74) is 3.24. The molecule has 8 heavy (non-hydrogen) atoms. The second kappa shape index (κ2) is 1.25. The van der Waals surface area contributed by atoms with Gasteiger partial charge in [0.15, 0.2) is 0 Å². The van der Waals surface area contributed by atoms with Gasteiger partial charge in [-0.25, -0.2) is 0 Å². The van der Waals surface area contributed by atoms with Crippen molar-refractivity contribution in [1.82, 2.24) is 0 Å². The van der Waals surface area contributed by atoms with Crippen LogP contribution in [-0.2, 0) is 0 Å². The fourth-order valence-corrected chi connectivity index (χ4v) is 1.21. The van der Waals surface area contributed by atoms with Gasteiger partial charge in [0.05, 0.1) is 0 Å². The van der Waals surface area contributed by atoms with Crippen LogP contribution in [-0.4, -0.2) is 0 Å². The minimum Gasteiger partial charge on any atom is -0.0802 e. The van der Waals surface area contributed by atoms with E-state index in [1.807, 2.05) is 0 Å². The molecular formula is C8H10. The molecule has 0 N–H and O–H groups in total. The molecule has 0 spiro atoms. The molecule has 0 aromatic heterocycles. The summed E-state index contributed by atoms with van der Waals surface area (Å²) in [7, 11) is 0. The zero-order valence-corrected chi connectivity index (χ0v) is 5.15. The zero-order valence-electron chi connectivity index (χ0n) is 5.15. The zero-order chi connectivity index (χ0) is 5.56. The first kappa shape index (κ1) is 4.37. The van der Waals surface area contributed by atoms with Crippen molar-refractivity contribution in [1.29, 1.82) is 0 Å². The SMILES string of the molecule is CC1CC=C1C1=CC1. The molecule has 0 aromatic carbocycles. The Morgan fingerprint density at radius 3 is 2.38 bits per heavy atom. The third-order valence-electron chi connectivity index (χ3n) is 2.00. The van der Waals surface area contributed by atoms with Crippen LogP contribution in [0.2, 0.25) is 0 Å². The van der Waals surface area contributed by atoms with Gasteiger partial charge in [-0.15, -0.1) is 0 Å². The summed E-state index contributed by atoms with van der Waals surface area (Å²) in [6, 6.07) is 0. The van der Waals surface area contributed by atoms with Crippen molar-refractivity contribution in [2.75, 3.05) is 0 Å². The van der Waals surface area contributed by atoms with Crippen molar-refractivity contribution in [2.24, 2.45) is 5.92 Å². The summed E-state index contributed by atoms with van der Waals surface area (Å²) in [5, 5.41) is 0. The third kappa shape index (κ3) is 0.459. The van der Waals surface area contributed by atoms with E-state index in [2.05, 4.69) is 19.1 Å². The van der Waals surface area contributed by atoms with Gasteiger partial charge in [-0.2, -0.15) is 0 Å². The molecule has 0 heterocycles. The molecule has 42 valence electrons. The topological polar surface area (TPSA) is 0 Å². The summed E-state index contributed by atoms with van der Waals surface area (Å²) in [4.78, 5) is 0. The lowest BCUT2D eigenvalue weighted by Crippen LogP contribution is -2.06. The molecule has 2 aliphatic carbocycles. The Kier molecular flexibility index (Phi) is 0.682. The van der Waals surface area contributed by atoms with Crippen molar-refractivity contribution < 1.29 is 0 Å².